The molecule has 1 saturated heterocycles. The van der Waals surface area contributed by atoms with E-state index < -0.39 is 15.9 Å². The molecule has 0 unspecified atom stereocenters. The molecule has 2 aromatic carbocycles. The Kier molecular flexibility index (Phi) is 7.33. The van der Waals surface area contributed by atoms with Crippen molar-refractivity contribution < 1.29 is 22.7 Å². The first-order chi connectivity index (χ1) is 14.5. The molecule has 162 valence electrons. The number of carbonyl (C=O) groups is 1. The zero-order valence-corrected chi connectivity index (χ0v) is 18.2. The van der Waals surface area contributed by atoms with Crippen LogP contribution in [0.25, 0.3) is 0 Å². The van der Waals surface area contributed by atoms with Crippen molar-refractivity contribution in [3.8, 4) is 11.5 Å². The maximum absolute atomic E-state index is 13.1. The maximum Gasteiger partial charge on any atom is 0.259 e. The third kappa shape index (κ3) is 4.94. The van der Waals surface area contributed by atoms with E-state index in [0.29, 0.717) is 36.9 Å². The van der Waals surface area contributed by atoms with Crippen molar-refractivity contribution >= 4 is 21.6 Å². The molecule has 0 spiro atoms. The molecule has 2 aromatic rings. The molecule has 0 atom stereocenters. The van der Waals surface area contributed by atoms with E-state index >= 15 is 0 Å². The highest BCUT2D eigenvalue weighted by Crippen LogP contribution is 2.29. The fourth-order valence-electron chi connectivity index (χ4n) is 3.50. The predicted molar refractivity (Wildman–Crippen MR) is 116 cm³/mol. The second-order valence-corrected chi connectivity index (χ2v) is 9.00. The van der Waals surface area contributed by atoms with Gasteiger partial charge in [-0.3, -0.25) is 4.79 Å². The van der Waals surface area contributed by atoms with Gasteiger partial charge in [-0.15, -0.1) is 0 Å². The van der Waals surface area contributed by atoms with Gasteiger partial charge in [-0.2, -0.15) is 4.31 Å². The number of sulfonamides is 1. The monoisotopic (exact) mass is 432 g/mol. The minimum Gasteiger partial charge on any atom is -0.496 e. The lowest BCUT2D eigenvalue weighted by atomic mass is 10.1. The van der Waals surface area contributed by atoms with Crippen LogP contribution in [-0.2, 0) is 10.0 Å². The summed E-state index contributed by atoms with van der Waals surface area (Å²) in [4.78, 5) is 13.1. The van der Waals surface area contributed by atoms with Crippen LogP contribution in [0.15, 0.2) is 47.4 Å². The summed E-state index contributed by atoms with van der Waals surface area (Å²) in [5.41, 5.74) is 0.659. The van der Waals surface area contributed by atoms with Gasteiger partial charge in [-0.1, -0.05) is 25.0 Å². The number of benzene rings is 2. The number of methoxy groups -OCH3 is 1. The minimum atomic E-state index is -3.68. The van der Waals surface area contributed by atoms with Gasteiger partial charge in [-0.25, -0.2) is 8.42 Å². The van der Waals surface area contributed by atoms with Crippen LogP contribution in [0.4, 0.5) is 5.69 Å². The highest BCUT2D eigenvalue weighted by Gasteiger charge is 2.27. The summed E-state index contributed by atoms with van der Waals surface area (Å²) in [6.45, 7) is 3.31. The number of para-hydroxylation sites is 2. The molecule has 1 heterocycles. The number of nitrogens with one attached hydrogen (secondary N) is 1. The summed E-state index contributed by atoms with van der Waals surface area (Å²) in [5.74, 6) is 0.379. The van der Waals surface area contributed by atoms with Gasteiger partial charge in [0.25, 0.3) is 5.91 Å². The van der Waals surface area contributed by atoms with Crippen LogP contribution in [0.5, 0.6) is 11.5 Å². The molecule has 0 aliphatic carbocycles. The first kappa shape index (κ1) is 22.1. The maximum atomic E-state index is 13.1. The summed E-state index contributed by atoms with van der Waals surface area (Å²) in [6, 6.07) is 11.5. The smallest absolute Gasteiger partial charge is 0.259 e. The number of amides is 1. The molecular weight excluding hydrogens is 404 g/mol. The second kappa shape index (κ2) is 9.95. The third-order valence-electron chi connectivity index (χ3n) is 5.05. The van der Waals surface area contributed by atoms with Crippen molar-refractivity contribution in [3.05, 3.63) is 48.0 Å². The number of rotatable bonds is 7. The summed E-state index contributed by atoms with van der Waals surface area (Å²) in [6.07, 6.45) is 3.75. The highest BCUT2D eigenvalue weighted by atomic mass is 32.2. The van der Waals surface area contributed by atoms with Crippen LogP contribution in [0.1, 0.15) is 43.0 Å². The lowest BCUT2D eigenvalue weighted by molar-refractivity contribution is 0.102. The van der Waals surface area contributed by atoms with Crippen molar-refractivity contribution in [2.75, 3.05) is 32.1 Å². The van der Waals surface area contributed by atoms with Crippen molar-refractivity contribution in [3.63, 3.8) is 0 Å². The van der Waals surface area contributed by atoms with Crippen LogP contribution in [0.3, 0.4) is 0 Å². The van der Waals surface area contributed by atoms with Crippen molar-refractivity contribution in [1.82, 2.24) is 4.31 Å². The predicted octanol–water partition coefficient (Wildman–Crippen LogP) is 3.91. The Bertz CT molecular complexity index is 983. The van der Waals surface area contributed by atoms with Crippen LogP contribution >= 0.6 is 0 Å². The molecule has 0 radical (unpaired) electrons. The Hall–Kier alpha value is -2.58. The number of anilines is 1. The van der Waals surface area contributed by atoms with E-state index in [2.05, 4.69) is 5.32 Å². The normalized spacial score (nSPS) is 15.3. The molecule has 1 N–H and O–H groups in total. The average Bonchev–Trinajstić information content (AvgIpc) is 3.05. The fourth-order valence-corrected chi connectivity index (χ4v) is 5.04. The van der Waals surface area contributed by atoms with Crippen molar-refractivity contribution in [1.29, 1.82) is 0 Å². The Morgan fingerprint density at radius 3 is 2.40 bits per heavy atom. The highest BCUT2D eigenvalue weighted by molar-refractivity contribution is 7.89. The molecule has 1 amide bonds. The molecule has 30 heavy (non-hydrogen) atoms. The third-order valence-corrected chi connectivity index (χ3v) is 6.95. The van der Waals surface area contributed by atoms with Crippen LogP contribution in [0, 0.1) is 0 Å². The zero-order chi connectivity index (χ0) is 21.6. The van der Waals surface area contributed by atoms with Crippen LogP contribution in [0.2, 0.25) is 0 Å². The van der Waals surface area contributed by atoms with E-state index in [4.69, 9.17) is 9.47 Å². The Labute approximate surface area is 178 Å². The lowest BCUT2D eigenvalue weighted by Gasteiger charge is -2.21. The van der Waals surface area contributed by atoms with Gasteiger partial charge in [0, 0.05) is 13.1 Å². The summed E-state index contributed by atoms with van der Waals surface area (Å²) < 4.78 is 38.7. The van der Waals surface area contributed by atoms with Gasteiger partial charge in [0.05, 0.1) is 29.9 Å². The zero-order valence-electron chi connectivity index (χ0n) is 17.4. The molecule has 1 aliphatic rings. The Morgan fingerprint density at radius 1 is 1.03 bits per heavy atom. The van der Waals surface area contributed by atoms with E-state index in [-0.39, 0.29) is 10.5 Å². The summed E-state index contributed by atoms with van der Waals surface area (Å²) in [5, 5.41) is 2.80. The largest absolute Gasteiger partial charge is 0.496 e. The molecule has 1 aliphatic heterocycles. The van der Waals surface area contributed by atoms with Gasteiger partial charge in [0.1, 0.15) is 11.5 Å². The lowest BCUT2D eigenvalue weighted by Crippen LogP contribution is -2.32. The van der Waals surface area contributed by atoms with Crippen LogP contribution in [-0.4, -0.2) is 45.4 Å². The van der Waals surface area contributed by atoms with E-state index in [9.17, 15) is 13.2 Å². The Morgan fingerprint density at radius 2 is 1.73 bits per heavy atom. The Balaban J connectivity index is 1.92. The van der Waals surface area contributed by atoms with E-state index in [1.807, 2.05) is 13.0 Å². The SMILES string of the molecule is CCOc1ccccc1NC(=O)c1cc(S(=O)(=O)N2CCCCCC2)ccc1OC. The number of nitrogens with zero attached hydrogens (tertiary/aromatic N) is 1. The van der Waals surface area contributed by atoms with Gasteiger partial charge in [0.2, 0.25) is 10.0 Å². The standard InChI is InChI=1S/C22H28N2O5S/c1-3-29-21-11-7-6-10-19(21)23-22(25)18-16-17(12-13-20(18)28-2)30(26,27)24-14-8-4-5-9-15-24/h6-7,10-13,16H,3-5,8-9,14-15H2,1-2H3,(H,23,25). The molecule has 1 fully saturated rings. The average molecular weight is 433 g/mol. The number of hydrogen-bond donors (Lipinski definition) is 1. The van der Waals surface area contributed by atoms with Crippen molar-refractivity contribution in [2.24, 2.45) is 0 Å². The second-order valence-electron chi connectivity index (χ2n) is 7.06. The molecule has 3 rings (SSSR count). The first-order valence-corrected chi connectivity index (χ1v) is 11.6. The van der Waals surface area contributed by atoms with Gasteiger partial charge in [-0.05, 0) is 50.1 Å². The minimum absolute atomic E-state index is 0.0912. The molecule has 0 saturated carbocycles. The molecule has 7 nitrogen and oxygen atoms in total. The summed E-state index contributed by atoms with van der Waals surface area (Å²) >= 11 is 0. The van der Waals surface area contributed by atoms with Crippen LogP contribution < -0.4 is 14.8 Å². The molecule has 8 heteroatoms. The van der Waals surface area contributed by atoms with E-state index in [0.717, 1.165) is 25.7 Å². The van der Waals surface area contributed by atoms with E-state index in [1.54, 1.807) is 18.2 Å². The van der Waals surface area contributed by atoms with Crippen molar-refractivity contribution in [2.45, 2.75) is 37.5 Å². The molecular formula is C22H28N2O5S. The molecule has 0 aromatic heterocycles. The topological polar surface area (TPSA) is 84.9 Å². The quantitative estimate of drug-likeness (QED) is 0.717. The molecule has 0 bridgehead atoms. The van der Waals surface area contributed by atoms with Gasteiger partial charge >= 0.3 is 0 Å². The van der Waals surface area contributed by atoms with E-state index in [1.165, 1.54) is 29.6 Å². The first-order valence-electron chi connectivity index (χ1n) is 10.2. The fraction of sp³-hybridized carbons (Fsp3) is 0.409. The number of hydrogen-bond acceptors (Lipinski definition) is 5. The summed E-state index contributed by atoms with van der Waals surface area (Å²) in [7, 11) is -2.24. The van der Waals surface area contributed by atoms with Gasteiger partial charge < -0.3 is 14.8 Å². The van der Waals surface area contributed by atoms with Gasteiger partial charge in [0.15, 0.2) is 0 Å². The number of carbonyl (C=O) groups excluding carboxylic acids is 1. The number of ether oxygens (including phenoxy) is 2.